The van der Waals surface area contributed by atoms with Crippen LogP contribution in [-0.2, 0) is 13.0 Å². The maximum Gasteiger partial charge on any atom is 0.109 e. The van der Waals surface area contributed by atoms with Crippen molar-refractivity contribution in [2.75, 3.05) is 11.9 Å². The molecule has 114 valence electrons. The van der Waals surface area contributed by atoms with Gasteiger partial charge in [-0.05, 0) is 43.3 Å². The standard InChI is InChI=1S/C16H18N4S2/c1-10-14(7-11-4-5-17-11)22-16-13(9-19-20-15(10)16)18-8-12-3-2-6-21-12/h2-3,6,9,11,17H,4-5,7-8H2,1H3,(H,18,20)/t11-/m0/s1. The summed E-state index contributed by atoms with van der Waals surface area (Å²) in [7, 11) is 0. The highest BCUT2D eigenvalue weighted by Crippen LogP contribution is 2.35. The highest BCUT2D eigenvalue weighted by molar-refractivity contribution is 7.19. The number of rotatable bonds is 5. The Labute approximate surface area is 137 Å². The summed E-state index contributed by atoms with van der Waals surface area (Å²) in [6.45, 7) is 4.17. The first-order valence-corrected chi connectivity index (χ1v) is 9.24. The van der Waals surface area contributed by atoms with E-state index in [0.717, 1.165) is 30.7 Å². The zero-order chi connectivity index (χ0) is 14.9. The average molecular weight is 330 g/mol. The van der Waals surface area contributed by atoms with Crippen molar-refractivity contribution in [3.05, 3.63) is 39.0 Å². The van der Waals surface area contributed by atoms with Crippen LogP contribution in [0.25, 0.3) is 10.2 Å². The van der Waals surface area contributed by atoms with Gasteiger partial charge in [0.25, 0.3) is 0 Å². The monoisotopic (exact) mass is 330 g/mol. The van der Waals surface area contributed by atoms with Gasteiger partial charge < -0.3 is 10.6 Å². The number of nitrogens with one attached hydrogen (secondary N) is 2. The van der Waals surface area contributed by atoms with Crippen molar-refractivity contribution in [1.29, 1.82) is 0 Å². The largest absolute Gasteiger partial charge is 0.378 e. The van der Waals surface area contributed by atoms with Gasteiger partial charge in [0.2, 0.25) is 0 Å². The fourth-order valence-electron chi connectivity index (χ4n) is 2.72. The van der Waals surface area contributed by atoms with Gasteiger partial charge in [-0.1, -0.05) is 6.07 Å². The minimum atomic E-state index is 0.641. The summed E-state index contributed by atoms with van der Waals surface area (Å²) in [4.78, 5) is 2.77. The summed E-state index contributed by atoms with van der Waals surface area (Å²) < 4.78 is 1.23. The van der Waals surface area contributed by atoms with E-state index in [1.54, 1.807) is 11.3 Å². The molecule has 1 saturated heterocycles. The number of aryl methyl sites for hydroxylation is 1. The van der Waals surface area contributed by atoms with Crippen LogP contribution in [-0.4, -0.2) is 22.8 Å². The number of aromatic nitrogens is 2. The molecule has 0 amide bonds. The van der Waals surface area contributed by atoms with E-state index in [2.05, 4.69) is 45.3 Å². The number of anilines is 1. The number of hydrogen-bond acceptors (Lipinski definition) is 6. The van der Waals surface area contributed by atoms with Gasteiger partial charge in [-0.3, -0.25) is 0 Å². The lowest BCUT2D eigenvalue weighted by atomic mass is 10.0. The average Bonchev–Trinajstić information content (AvgIpc) is 3.10. The summed E-state index contributed by atoms with van der Waals surface area (Å²) >= 11 is 3.64. The summed E-state index contributed by atoms with van der Waals surface area (Å²) in [5.74, 6) is 0. The molecule has 0 radical (unpaired) electrons. The minimum Gasteiger partial charge on any atom is -0.378 e. The van der Waals surface area contributed by atoms with E-state index in [9.17, 15) is 0 Å². The molecule has 22 heavy (non-hydrogen) atoms. The summed E-state index contributed by atoms with van der Waals surface area (Å²) in [6.07, 6.45) is 4.23. The third kappa shape index (κ3) is 2.62. The van der Waals surface area contributed by atoms with E-state index in [1.165, 1.54) is 26.4 Å². The first kappa shape index (κ1) is 14.1. The van der Waals surface area contributed by atoms with Crippen LogP contribution in [0, 0.1) is 6.92 Å². The maximum atomic E-state index is 4.36. The molecule has 2 N–H and O–H groups in total. The van der Waals surface area contributed by atoms with Crippen LogP contribution in [0.2, 0.25) is 0 Å². The lowest BCUT2D eigenvalue weighted by Gasteiger charge is -2.27. The van der Waals surface area contributed by atoms with E-state index >= 15 is 0 Å². The Hall–Kier alpha value is -1.50. The molecule has 1 fully saturated rings. The second kappa shape index (κ2) is 5.95. The van der Waals surface area contributed by atoms with Crippen molar-refractivity contribution in [1.82, 2.24) is 15.5 Å². The molecular formula is C16H18N4S2. The maximum absolute atomic E-state index is 4.36. The normalized spacial score (nSPS) is 17.6. The second-order valence-corrected chi connectivity index (χ2v) is 7.80. The lowest BCUT2D eigenvalue weighted by molar-refractivity contribution is 0.371. The van der Waals surface area contributed by atoms with Gasteiger partial charge in [-0.2, -0.15) is 5.10 Å². The smallest absolute Gasteiger partial charge is 0.109 e. The van der Waals surface area contributed by atoms with Crippen molar-refractivity contribution >= 4 is 38.6 Å². The second-order valence-electron chi connectivity index (χ2n) is 5.66. The number of hydrogen-bond donors (Lipinski definition) is 2. The quantitative estimate of drug-likeness (QED) is 0.751. The van der Waals surface area contributed by atoms with Crippen molar-refractivity contribution < 1.29 is 0 Å². The molecule has 0 unspecified atom stereocenters. The fourth-order valence-corrected chi connectivity index (χ4v) is 4.67. The Bertz CT molecular complexity index is 775. The van der Waals surface area contributed by atoms with Crippen molar-refractivity contribution in [2.45, 2.75) is 32.4 Å². The summed E-state index contributed by atoms with van der Waals surface area (Å²) in [5, 5.41) is 17.6. The molecule has 3 aromatic heterocycles. The molecule has 1 aliphatic heterocycles. The molecule has 3 aromatic rings. The molecular weight excluding hydrogens is 312 g/mol. The van der Waals surface area contributed by atoms with Crippen LogP contribution >= 0.6 is 22.7 Å². The van der Waals surface area contributed by atoms with E-state index in [1.807, 2.05) is 17.5 Å². The van der Waals surface area contributed by atoms with E-state index in [4.69, 9.17) is 0 Å². The Morgan fingerprint density at radius 1 is 1.45 bits per heavy atom. The van der Waals surface area contributed by atoms with Gasteiger partial charge in [0.15, 0.2) is 0 Å². The molecule has 1 aliphatic rings. The Balaban J connectivity index is 1.62. The zero-order valence-electron chi connectivity index (χ0n) is 12.4. The van der Waals surface area contributed by atoms with Crippen LogP contribution in [0.5, 0.6) is 0 Å². The first-order valence-electron chi connectivity index (χ1n) is 7.54. The molecule has 0 saturated carbocycles. The zero-order valence-corrected chi connectivity index (χ0v) is 14.1. The minimum absolute atomic E-state index is 0.641. The van der Waals surface area contributed by atoms with Gasteiger partial charge in [-0.15, -0.1) is 27.8 Å². The van der Waals surface area contributed by atoms with Gasteiger partial charge in [0, 0.05) is 22.3 Å². The van der Waals surface area contributed by atoms with Gasteiger partial charge >= 0.3 is 0 Å². The molecule has 0 aromatic carbocycles. The SMILES string of the molecule is Cc1c(C[C@@H]2CCN2)sc2c(NCc3cccs3)cnnc12. The van der Waals surface area contributed by atoms with Crippen LogP contribution in [0.1, 0.15) is 21.7 Å². The number of nitrogens with zero attached hydrogens (tertiary/aromatic N) is 2. The van der Waals surface area contributed by atoms with Crippen LogP contribution in [0.4, 0.5) is 5.69 Å². The van der Waals surface area contributed by atoms with Gasteiger partial charge in [0.05, 0.1) is 16.6 Å². The molecule has 4 rings (SSSR count). The molecule has 0 bridgehead atoms. The van der Waals surface area contributed by atoms with Crippen molar-refractivity contribution in [3.63, 3.8) is 0 Å². The molecule has 0 aliphatic carbocycles. The topological polar surface area (TPSA) is 49.8 Å². The molecule has 6 heteroatoms. The van der Waals surface area contributed by atoms with Gasteiger partial charge in [-0.25, -0.2) is 0 Å². The Morgan fingerprint density at radius 3 is 3.09 bits per heavy atom. The van der Waals surface area contributed by atoms with Crippen LogP contribution < -0.4 is 10.6 Å². The van der Waals surface area contributed by atoms with Crippen molar-refractivity contribution in [2.24, 2.45) is 0 Å². The summed E-state index contributed by atoms with van der Waals surface area (Å²) in [5.41, 5.74) is 3.44. The molecule has 0 spiro atoms. The Kier molecular flexibility index (Phi) is 3.82. The molecule has 4 heterocycles. The third-order valence-corrected chi connectivity index (χ3v) is 6.41. The van der Waals surface area contributed by atoms with E-state index < -0.39 is 0 Å². The number of fused-ring (bicyclic) bond motifs is 1. The highest BCUT2D eigenvalue weighted by atomic mass is 32.1. The van der Waals surface area contributed by atoms with Crippen molar-refractivity contribution in [3.8, 4) is 0 Å². The predicted octanol–water partition coefficient (Wildman–Crippen LogP) is 3.58. The first-order chi connectivity index (χ1) is 10.8. The van der Waals surface area contributed by atoms with Crippen LogP contribution in [0.15, 0.2) is 23.7 Å². The highest BCUT2D eigenvalue weighted by Gasteiger charge is 2.21. The molecule has 4 nitrogen and oxygen atoms in total. The summed E-state index contributed by atoms with van der Waals surface area (Å²) in [6, 6.07) is 4.88. The molecule has 1 atom stereocenters. The Morgan fingerprint density at radius 2 is 2.36 bits per heavy atom. The van der Waals surface area contributed by atoms with Crippen LogP contribution in [0.3, 0.4) is 0 Å². The third-order valence-electron chi connectivity index (χ3n) is 4.19. The fraction of sp³-hybridized carbons (Fsp3) is 0.375. The lowest BCUT2D eigenvalue weighted by Crippen LogP contribution is -2.44. The van der Waals surface area contributed by atoms with E-state index in [-0.39, 0.29) is 0 Å². The van der Waals surface area contributed by atoms with Gasteiger partial charge in [0.1, 0.15) is 5.52 Å². The predicted molar refractivity (Wildman–Crippen MR) is 93.9 cm³/mol. The van der Waals surface area contributed by atoms with E-state index in [0.29, 0.717) is 6.04 Å². The number of thiophene rings is 2.